The maximum atomic E-state index is 4.20. The van der Waals surface area contributed by atoms with E-state index in [1.807, 2.05) is 18.2 Å². The van der Waals surface area contributed by atoms with Gasteiger partial charge < -0.3 is 0 Å². The molecule has 3 heterocycles. The van der Waals surface area contributed by atoms with E-state index in [9.17, 15) is 0 Å². The van der Waals surface area contributed by atoms with Gasteiger partial charge in [0.15, 0.2) is 0 Å². The number of H-pyrrole nitrogens is 3. The second-order valence-electron chi connectivity index (χ2n) is 7.29. The van der Waals surface area contributed by atoms with Crippen LogP contribution in [0.1, 0.15) is 11.1 Å². The van der Waals surface area contributed by atoms with E-state index in [0.29, 0.717) is 0 Å². The molecule has 5 aromatic rings. The summed E-state index contributed by atoms with van der Waals surface area (Å²) in [4.78, 5) is 0. The van der Waals surface area contributed by atoms with Gasteiger partial charge in [0.1, 0.15) is 0 Å². The number of aromatic amines is 3. The summed E-state index contributed by atoms with van der Waals surface area (Å²) in [5.41, 5.74) is 5.40. The SMILES string of the molecule is Cc1cc[c]([Zr][c]2ccc(C)cc2)cc1.c1cc(B(c2cc[nH]n2)c2cc[nH]n2)n[nH]1. The molecule has 6 nitrogen and oxygen atoms in total. The van der Waals surface area contributed by atoms with Crippen LogP contribution in [0, 0.1) is 13.8 Å². The molecule has 0 radical (unpaired) electrons. The van der Waals surface area contributed by atoms with Crippen LogP contribution in [0.4, 0.5) is 0 Å². The van der Waals surface area contributed by atoms with Gasteiger partial charge in [-0.2, -0.15) is 15.3 Å². The van der Waals surface area contributed by atoms with Gasteiger partial charge in [-0.05, 0) is 18.2 Å². The molecule has 0 fully saturated rings. The van der Waals surface area contributed by atoms with Crippen molar-refractivity contribution in [3.8, 4) is 0 Å². The van der Waals surface area contributed by atoms with E-state index in [2.05, 4.69) is 93.0 Å². The number of benzene rings is 2. The molecule has 3 N–H and O–H groups in total. The first kappa shape index (κ1) is 21.3. The molecule has 0 unspecified atom stereocenters. The molecule has 0 atom stereocenters. The summed E-state index contributed by atoms with van der Waals surface area (Å²) >= 11 is -0.556. The van der Waals surface area contributed by atoms with E-state index in [4.69, 9.17) is 0 Å². The number of nitrogens with zero attached hydrogens (tertiary/aromatic N) is 3. The quantitative estimate of drug-likeness (QED) is 0.321. The Morgan fingerprint density at radius 3 is 1.19 bits per heavy atom. The molecule has 0 bridgehead atoms. The van der Waals surface area contributed by atoms with Crippen LogP contribution >= 0.6 is 0 Å². The topological polar surface area (TPSA) is 86.0 Å². The normalized spacial score (nSPS) is 10.3. The fourth-order valence-corrected chi connectivity index (χ4v) is 5.65. The van der Waals surface area contributed by atoms with Crippen LogP contribution in [0.25, 0.3) is 0 Å². The van der Waals surface area contributed by atoms with Crippen molar-refractivity contribution in [2.45, 2.75) is 13.8 Å². The van der Waals surface area contributed by atoms with Crippen LogP contribution < -0.4 is 23.3 Å². The van der Waals surface area contributed by atoms with E-state index in [1.165, 1.54) is 11.1 Å². The minimum atomic E-state index is -0.556. The molecule has 5 rings (SSSR count). The minimum absolute atomic E-state index is 0.0382. The van der Waals surface area contributed by atoms with Crippen LogP contribution in [0.5, 0.6) is 0 Å². The van der Waals surface area contributed by atoms with Crippen molar-refractivity contribution in [2.24, 2.45) is 0 Å². The smallest absolute Gasteiger partial charge is 0.286 e. The molecular weight excluding hydrogens is 462 g/mol. The zero-order chi connectivity index (χ0) is 21.5. The maximum absolute atomic E-state index is 4.20. The molecule has 31 heavy (non-hydrogen) atoms. The van der Waals surface area contributed by atoms with Gasteiger partial charge in [-0.25, -0.2) is 0 Å². The largest absolute Gasteiger partial charge is 0.317 e. The van der Waals surface area contributed by atoms with Crippen molar-refractivity contribution < 1.29 is 23.2 Å². The third-order valence-electron chi connectivity index (χ3n) is 4.85. The third-order valence-corrected chi connectivity index (χ3v) is 7.90. The first-order valence-corrected chi connectivity index (χ1v) is 12.5. The van der Waals surface area contributed by atoms with Crippen LogP contribution in [0.3, 0.4) is 0 Å². The molecule has 0 spiro atoms. The Kier molecular flexibility index (Phi) is 7.10. The fraction of sp³-hybridized carbons (Fsp3) is 0.0870. The van der Waals surface area contributed by atoms with Gasteiger partial charge >= 0.3 is 110 Å². The van der Waals surface area contributed by atoms with Gasteiger partial charge in [0.05, 0.1) is 0 Å². The Morgan fingerprint density at radius 1 is 0.548 bits per heavy atom. The standard InChI is InChI=1S/C9H9BN6.2C7H7.Zr/c1-4-11-14-7(1)10(8-2-5-12-15-8)9-3-6-13-16-9;2*1-7-5-3-2-4-6-7;/h1-6H,(H,11,14)(H,12,15)(H,13,16);2*3-6H,1H3;. The van der Waals surface area contributed by atoms with Gasteiger partial charge in [-0.3, -0.25) is 15.3 Å². The van der Waals surface area contributed by atoms with Gasteiger partial charge in [-0.15, -0.1) is 0 Å². The average Bonchev–Trinajstić information content (AvgIpc) is 3.57. The van der Waals surface area contributed by atoms with Crippen LogP contribution in [-0.2, 0) is 23.2 Å². The second-order valence-corrected chi connectivity index (χ2v) is 10.7. The summed E-state index contributed by atoms with van der Waals surface area (Å²) < 4.78 is 3.10. The number of aryl methyl sites for hydroxylation is 2. The average molecular weight is 486 g/mol. The maximum Gasteiger partial charge on any atom is 0.317 e. The van der Waals surface area contributed by atoms with Gasteiger partial charge in [-0.1, -0.05) is 0 Å². The second kappa shape index (κ2) is 10.4. The van der Waals surface area contributed by atoms with Crippen molar-refractivity contribution >= 4 is 30.0 Å². The van der Waals surface area contributed by atoms with Crippen LogP contribution in [-0.4, -0.2) is 37.3 Å². The minimum Gasteiger partial charge on any atom is -0.286 e. The number of aromatic nitrogens is 6. The first-order chi connectivity index (χ1) is 15.2. The molecule has 0 saturated heterocycles. The van der Waals surface area contributed by atoms with Gasteiger partial charge in [0.2, 0.25) is 0 Å². The molecule has 8 heteroatoms. The predicted octanol–water partition coefficient (Wildman–Crippen LogP) is 0.709. The Labute approximate surface area is 193 Å². The Balaban J connectivity index is 0.000000150. The Morgan fingerprint density at radius 2 is 0.903 bits per heavy atom. The van der Waals surface area contributed by atoms with Gasteiger partial charge in [0.25, 0.3) is 0 Å². The molecule has 0 aliphatic heterocycles. The molecular formula is C23H23BN6Zr. The molecule has 152 valence electrons. The molecule has 2 aromatic carbocycles. The fourth-order valence-electron chi connectivity index (χ4n) is 3.19. The Hall–Kier alpha value is -2.98. The number of nitrogens with one attached hydrogen (secondary N) is 3. The van der Waals surface area contributed by atoms with Gasteiger partial charge in [0, 0.05) is 35.4 Å². The summed E-state index contributed by atoms with van der Waals surface area (Å²) in [6.07, 6.45) is 5.38. The molecule has 0 amide bonds. The van der Waals surface area contributed by atoms with Crippen molar-refractivity contribution in [3.63, 3.8) is 0 Å². The molecule has 0 aliphatic rings. The first-order valence-electron chi connectivity index (χ1n) is 10.1. The van der Waals surface area contributed by atoms with Crippen LogP contribution in [0.2, 0.25) is 0 Å². The Bertz CT molecular complexity index is 1030. The molecule has 0 aliphatic carbocycles. The summed E-state index contributed by atoms with van der Waals surface area (Å²) in [6.45, 7) is 4.24. The summed E-state index contributed by atoms with van der Waals surface area (Å²) in [5.74, 6) is 0. The van der Waals surface area contributed by atoms with E-state index in [1.54, 1.807) is 25.1 Å². The molecule has 3 aromatic heterocycles. The zero-order valence-electron chi connectivity index (χ0n) is 17.5. The predicted molar refractivity (Wildman–Crippen MR) is 122 cm³/mol. The number of hydrogen-bond donors (Lipinski definition) is 3. The summed E-state index contributed by atoms with van der Waals surface area (Å²) in [6, 6.07) is 23.7. The van der Waals surface area contributed by atoms with Crippen molar-refractivity contribution in [1.29, 1.82) is 0 Å². The third kappa shape index (κ3) is 5.80. The van der Waals surface area contributed by atoms with Crippen molar-refractivity contribution in [1.82, 2.24) is 30.6 Å². The van der Waals surface area contributed by atoms with Crippen molar-refractivity contribution in [2.75, 3.05) is 0 Å². The van der Waals surface area contributed by atoms with Crippen LogP contribution in [0.15, 0.2) is 85.3 Å². The van der Waals surface area contributed by atoms with E-state index >= 15 is 0 Å². The van der Waals surface area contributed by atoms with E-state index < -0.39 is 23.2 Å². The van der Waals surface area contributed by atoms with E-state index in [-0.39, 0.29) is 6.71 Å². The zero-order valence-corrected chi connectivity index (χ0v) is 20.0. The monoisotopic (exact) mass is 484 g/mol. The number of hydrogen-bond acceptors (Lipinski definition) is 3. The van der Waals surface area contributed by atoms with E-state index in [0.717, 1.165) is 16.8 Å². The number of rotatable bonds is 5. The molecule has 0 saturated carbocycles. The van der Waals surface area contributed by atoms with Crippen molar-refractivity contribution in [3.05, 3.63) is 96.4 Å². The summed E-state index contributed by atoms with van der Waals surface area (Å²) in [7, 11) is 0. The summed E-state index contributed by atoms with van der Waals surface area (Å²) in [5, 5.41) is 21.0.